The van der Waals surface area contributed by atoms with Gasteiger partial charge >= 0.3 is 0 Å². The van der Waals surface area contributed by atoms with Gasteiger partial charge in [-0.2, -0.15) is 0 Å². The third-order valence-corrected chi connectivity index (χ3v) is 4.03. The Bertz CT molecular complexity index is 483. The van der Waals surface area contributed by atoms with E-state index in [2.05, 4.69) is 0 Å². The maximum Gasteiger partial charge on any atom is 0.137 e. The minimum Gasteiger partial charge on any atom is -0.299 e. The zero-order valence-electron chi connectivity index (χ0n) is 9.92. The molecule has 18 heavy (non-hydrogen) atoms. The van der Waals surface area contributed by atoms with Crippen molar-refractivity contribution in [3.05, 3.63) is 33.8 Å². The fourth-order valence-electron chi connectivity index (χ4n) is 2.33. The number of hydrogen-bond acceptors (Lipinski definition) is 2. The molecule has 0 N–H and O–H groups in total. The van der Waals surface area contributed by atoms with Gasteiger partial charge in [0, 0.05) is 25.2 Å². The predicted octanol–water partition coefficient (Wildman–Crippen LogP) is 3.86. The molecule has 1 aromatic carbocycles. The summed E-state index contributed by atoms with van der Waals surface area (Å²) in [6, 6.07) is 5.19. The summed E-state index contributed by atoms with van der Waals surface area (Å²) >= 11 is 11.7. The molecule has 0 aliphatic heterocycles. The van der Waals surface area contributed by atoms with Crippen LogP contribution in [0.1, 0.15) is 31.2 Å². The molecule has 0 saturated heterocycles. The van der Waals surface area contributed by atoms with E-state index in [9.17, 15) is 9.59 Å². The summed E-state index contributed by atoms with van der Waals surface area (Å²) in [4.78, 5) is 23.4. The summed E-state index contributed by atoms with van der Waals surface area (Å²) in [5, 5.41) is 0.942. The molecule has 1 saturated carbocycles. The van der Waals surface area contributed by atoms with Gasteiger partial charge in [-0.3, -0.25) is 9.59 Å². The summed E-state index contributed by atoms with van der Waals surface area (Å²) < 4.78 is 0. The summed E-state index contributed by atoms with van der Waals surface area (Å²) in [6.07, 6.45) is 3.08. The van der Waals surface area contributed by atoms with E-state index >= 15 is 0 Å². The van der Waals surface area contributed by atoms with Crippen molar-refractivity contribution in [2.45, 2.75) is 32.1 Å². The fourth-order valence-corrected chi connectivity index (χ4v) is 2.65. The Morgan fingerprint density at radius 3 is 2.67 bits per heavy atom. The van der Waals surface area contributed by atoms with Gasteiger partial charge in [0.1, 0.15) is 11.6 Å². The van der Waals surface area contributed by atoms with Gasteiger partial charge in [-0.25, -0.2) is 0 Å². The van der Waals surface area contributed by atoms with Crippen molar-refractivity contribution in [1.29, 1.82) is 0 Å². The second kappa shape index (κ2) is 5.85. The standard InChI is InChI=1S/C14H14Cl2O2/c15-12-5-4-9(7-13(12)16)6-11(17)8-10-2-1-3-14(10)18/h4-5,7,10H,1-3,6,8H2. The fraction of sp³-hybridized carbons (Fsp3) is 0.429. The first kappa shape index (κ1) is 13.6. The molecule has 1 aromatic rings. The molecule has 1 fully saturated rings. The molecule has 0 radical (unpaired) electrons. The first-order chi connectivity index (χ1) is 8.56. The van der Waals surface area contributed by atoms with E-state index in [-0.39, 0.29) is 17.5 Å². The van der Waals surface area contributed by atoms with Crippen molar-refractivity contribution in [2.75, 3.05) is 0 Å². The molecule has 2 rings (SSSR count). The Morgan fingerprint density at radius 2 is 2.06 bits per heavy atom. The number of halogens is 2. The van der Waals surface area contributed by atoms with E-state index in [1.165, 1.54) is 0 Å². The van der Waals surface area contributed by atoms with Crippen LogP contribution in [0.4, 0.5) is 0 Å². The van der Waals surface area contributed by atoms with E-state index in [0.29, 0.717) is 29.3 Å². The highest BCUT2D eigenvalue weighted by molar-refractivity contribution is 6.42. The van der Waals surface area contributed by atoms with Gasteiger partial charge in [-0.05, 0) is 30.5 Å². The molecule has 0 aromatic heterocycles. The van der Waals surface area contributed by atoms with Gasteiger partial charge in [0.05, 0.1) is 10.0 Å². The lowest BCUT2D eigenvalue weighted by Crippen LogP contribution is -2.14. The summed E-state index contributed by atoms with van der Waals surface area (Å²) in [5.74, 6) is 0.270. The Morgan fingerprint density at radius 1 is 1.28 bits per heavy atom. The van der Waals surface area contributed by atoms with Crippen molar-refractivity contribution in [3.63, 3.8) is 0 Å². The molecule has 1 aliphatic carbocycles. The third-order valence-electron chi connectivity index (χ3n) is 3.29. The topological polar surface area (TPSA) is 34.1 Å². The highest BCUT2D eigenvalue weighted by Gasteiger charge is 2.26. The molecular weight excluding hydrogens is 271 g/mol. The average molecular weight is 285 g/mol. The molecule has 0 amide bonds. The molecule has 96 valence electrons. The van der Waals surface area contributed by atoms with E-state index in [1.807, 2.05) is 0 Å². The quantitative estimate of drug-likeness (QED) is 0.841. The van der Waals surface area contributed by atoms with E-state index in [4.69, 9.17) is 23.2 Å². The number of ketones is 2. The number of benzene rings is 1. The summed E-state index contributed by atoms with van der Waals surface area (Å²) in [5.41, 5.74) is 0.847. The summed E-state index contributed by atoms with van der Waals surface area (Å²) in [7, 11) is 0. The molecule has 1 aliphatic rings. The largest absolute Gasteiger partial charge is 0.299 e. The van der Waals surface area contributed by atoms with Crippen molar-refractivity contribution in [1.82, 2.24) is 0 Å². The number of hydrogen-bond donors (Lipinski definition) is 0. The van der Waals surface area contributed by atoms with Gasteiger partial charge in [0.25, 0.3) is 0 Å². The molecule has 0 spiro atoms. The van der Waals surface area contributed by atoms with E-state index in [0.717, 1.165) is 18.4 Å². The Kier molecular flexibility index (Phi) is 4.41. The number of rotatable bonds is 4. The highest BCUT2D eigenvalue weighted by Crippen LogP contribution is 2.26. The molecule has 1 unspecified atom stereocenters. The van der Waals surface area contributed by atoms with Crippen molar-refractivity contribution >= 4 is 34.8 Å². The van der Waals surface area contributed by atoms with Gasteiger partial charge in [0.2, 0.25) is 0 Å². The molecule has 2 nitrogen and oxygen atoms in total. The number of carbonyl (C=O) groups is 2. The molecule has 0 bridgehead atoms. The first-order valence-electron chi connectivity index (χ1n) is 6.04. The monoisotopic (exact) mass is 284 g/mol. The number of carbonyl (C=O) groups excluding carboxylic acids is 2. The van der Waals surface area contributed by atoms with Crippen LogP contribution in [0, 0.1) is 5.92 Å². The zero-order valence-corrected chi connectivity index (χ0v) is 11.4. The SMILES string of the molecule is O=C(Cc1ccc(Cl)c(Cl)c1)CC1CCCC1=O. The minimum atomic E-state index is -0.0553. The first-order valence-corrected chi connectivity index (χ1v) is 6.80. The molecular formula is C14H14Cl2O2. The van der Waals surface area contributed by atoms with Crippen LogP contribution in [0.25, 0.3) is 0 Å². The third kappa shape index (κ3) is 3.33. The van der Waals surface area contributed by atoms with E-state index in [1.54, 1.807) is 18.2 Å². The average Bonchev–Trinajstić information content (AvgIpc) is 2.70. The van der Waals surface area contributed by atoms with Crippen molar-refractivity contribution in [3.8, 4) is 0 Å². The maximum atomic E-state index is 11.9. The zero-order chi connectivity index (χ0) is 13.1. The lowest BCUT2D eigenvalue weighted by atomic mass is 9.96. The lowest BCUT2D eigenvalue weighted by molar-refractivity contribution is -0.126. The van der Waals surface area contributed by atoms with Crippen LogP contribution in [0.2, 0.25) is 10.0 Å². The minimum absolute atomic E-state index is 0.0553. The summed E-state index contributed by atoms with van der Waals surface area (Å²) in [6.45, 7) is 0. The van der Waals surface area contributed by atoms with Crippen LogP contribution in [0.15, 0.2) is 18.2 Å². The van der Waals surface area contributed by atoms with Crippen LogP contribution in [0.3, 0.4) is 0 Å². The van der Waals surface area contributed by atoms with Gasteiger partial charge < -0.3 is 0 Å². The van der Waals surface area contributed by atoms with E-state index < -0.39 is 0 Å². The van der Waals surface area contributed by atoms with Crippen LogP contribution < -0.4 is 0 Å². The van der Waals surface area contributed by atoms with Gasteiger partial charge in [0.15, 0.2) is 0 Å². The molecule has 4 heteroatoms. The van der Waals surface area contributed by atoms with Gasteiger partial charge in [-0.15, -0.1) is 0 Å². The Hall–Kier alpha value is -0.860. The predicted molar refractivity (Wildman–Crippen MR) is 72.1 cm³/mol. The van der Waals surface area contributed by atoms with Crippen molar-refractivity contribution in [2.24, 2.45) is 5.92 Å². The maximum absolute atomic E-state index is 11.9. The molecule has 1 atom stereocenters. The van der Waals surface area contributed by atoms with Crippen LogP contribution in [0.5, 0.6) is 0 Å². The number of Topliss-reactive ketones (excluding diaryl/α,β-unsaturated/α-hetero) is 2. The highest BCUT2D eigenvalue weighted by atomic mass is 35.5. The Labute approximate surface area is 116 Å². The van der Waals surface area contributed by atoms with Crippen LogP contribution in [-0.4, -0.2) is 11.6 Å². The van der Waals surface area contributed by atoms with Crippen LogP contribution in [-0.2, 0) is 16.0 Å². The molecule has 0 heterocycles. The van der Waals surface area contributed by atoms with Crippen LogP contribution >= 0.6 is 23.2 Å². The smallest absolute Gasteiger partial charge is 0.137 e. The lowest BCUT2D eigenvalue weighted by Gasteiger charge is -2.07. The Balaban J connectivity index is 1.94. The normalized spacial score (nSPS) is 19.2. The second-order valence-corrected chi connectivity index (χ2v) is 5.54. The van der Waals surface area contributed by atoms with Crippen molar-refractivity contribution < 1.29 is 9.59 Å². The van der Waals surface area contributed by atoms with Gasteiger partial charge in [-0.1, -0.05) is 29.3 Å². The second-order valence-electron chi connectivity index (χ2n) is 4.72.